The van der Waals surface area contributed by atoms with Crippen molar-refractivity contribution in [1.29, 1.82) is 0 Å². The normalized spacial score (nSPS) is 48.5. The summed E-state index contributed by atoms with van der Waals surface area (Å²) in [6.45, 7) is 0.0500. The summed E-state index contributed by atoms with van der Waals surface area (Å²) < 4.78 is 11.3. The van der Waals surface area contributed by atoms with Crippen molar-refractivity contribution in [2.45, 2.75) is 56.5 Å². The molecular formula is C15H22O4. The first-order valence-electron chi connectivity index (χ1n) is 7.50. The van der Waals surface area contributed by atoms with Crippen LogP contribution in [0.25, 0.3) is 0 Å². The average molecular weight is 266 g/mol. The maximum absolute atomic E-state index is 9.76. The van der Waals surface area contributed by atoms with E-state index in [0.717, 1.165) is 37.7 Å². The monoisotopic (exact) mass is 266 g/mol. The third kappa shape index (κ3) is 1.97. The second-order valence-electron chi connectivity index (χ2n) is 6.64. The molecule has 2 N–H and O–H groups in total. The number of epoxide rings is 2. The van der Waals surface area contributed by atoms with Gasteiger partial charge in [0.25, 0.3) is 0 Å². The van der Waals surface area contributed by atoms with E-state index in [-0.39, 0.29) is 19.3 Å². The first-order valence-corrected chi connectivity index (χ1v) is 7.50. The van der Waals surface area contributed by atoms with Crippen molar-refractivity contribution < 1.29 is 19.7 Å². The lowest BCUT2D eigenvalue weighted by atomic mass is 9.69. The van der Waals surface area contributed by atoms with Crippen LogP contribution in [0.15, 0.2) is 11.6 Å². The minimum Gasteiger partial charge on any atom is -0.395 e. The van der Waals surface area contributed by atoms with Crippen molar-refractivity contribution >= 4 is 0 Å². The summed E-state index contributed by atoms with van der Waals surface area (Å²) in [5.41, 5.74) is 0.719. The summed E-state index contributed by atoms with van der Waals surface area (Å²) in [6, 6.07) is 0. The molecule has 106 valence electrons. The molecule has 4 nitrogen and oxygen atoms in total. The maximum atomic E-state index is 9.76. The topological polar surface area (TPSA) is 65.5 Å². The molecule has 2 aliphatic heterocycles. The molecule has 5 unspecified atom stereocenters. The van der Waals surface area contributed by atoms with Crippen molar-refractivity contribution in [3.05, 3.63) is 11.6 Å². The third-order valence-corrected chi connectivity index (χ3v) is 5.47. The van der Waals surface area contributed by atoms with Crippen LogP contribution < -0.4 is 0 Å². The second-order valence-corrected chi connectivity index (χ2v) is 6.64. The number of aliphatic hydroxyl groups is 2. The predicted molar refractivity (Wildman–Crippen MR) is 68.6 cm³/mol. The molecule has 0 amide bonds. The van der Waals surface area contributed by atoms with Crippen LogP contribution in [0.1, 0.15) is 32.1 Å². The number of hydrogen-bond acceptors (Lipinski definition) is 4. The van der Waals surface area contributed by atoms with Crippen LogP contribution in [0.5, 0.6) is 0 Å². The zero-order valence-electron chi connectivity index (χ0n) is 11.1. The van der Waals surface area contributed by atoms with E-state index < -0.39 is 5.41 Å². The number of hydrogen-bond donors (Lipinski definition) is 2. The SMILES string of the molecule is OCC1(CO)CCC2OC2/C1=C/C1CCC2OC2C1. The molecule has 0 aromatic rings. The van der Waals surface area contributed by atoms with Crippen LogP contribution >= 0.6 is 0 Å². The molecule has 0 aromatic carbocycles. The molecule has 0 bridgehead atoms. The van der Waals surface area contributed by atoms with Gasteiger partial charge in [-0.25, -0.2) is 0 Å². The van der Waals surface area contributed by atoms with Crippen LogP contribution in [-0.4, -0.2) is 47.8 Å². The molecule has 2 saturated heterocycles. The summed E-state index contributed by atoms with van der Waals surface area (Å²) >= 11 is 0. The molecule has 0 aromatic heterocycles. The predicted octanol–water partition coefficient (Wildman–Crippen LogP) is 1.01. The number of aliphatic hydroxyl groups excluding tert-OH is 2. The van der Waals surface area contributed by atoms with Crippen LogP contribution in [-0.2, 0) is 9.47 Å². The Morgan fingerprint density at radius 1 is 1.05 bits per heavy atom. The number of fused-ring (bicyclic) bond motifs is 2. The van der Waals surface area contributed by atoms with Gasteiger partial charge in [0.2, 0.25) is 0 Å². The molecule has 4 fully saturated rings. The molecule has 2 aliphatic carbocycles. The summed E-state index contributed by atoms with van der Waals surface area (Å²) in [7, 11) is 0. The molecule has 0 radical (unpaired) electrons. The van der Waals surface area contributed by atoms with Gasteiger partial charge < -0.3 is 19.7 Å². The lowest BCUT2D eigenvalue weighted by Gasteiger charge is -2.35. The smallest absolute Gasteiger partial charge is 0.106 e. The molecule has 4 heteroatoms. The highest BCUT2D eigenvalue weighted by molar-refractivity contribution is 5.30. The van der Waals surface area contributed by atoms with Crippen molar-refractivity contribution in [1.82, 2.24) is 0 Å². The van der Waals surface area contributed by atoms with Crippen molar-refractivity contribution in [3.63, 3.8) is 0 Å². The fourth-order valence-corrected chi connectivity index (χ4v) is 4.00. The van der Waals surface area contributed by atoms with Gasteiger partial charge in [-0.2, -0.15) is 0 Å². The molecule has 0 spiro atoms. The molecule has 4 aliphatic rings. The Balaban J connectivity index is 1.58. The zero-order chi connectivity index (χ0) is 13.0. The largest absolute Gasteiger partial charge is 0.395 e. The first-order chi connectivity index (χ1) is 9.25. The van der Waals surface area contributed by atoms with E-state index in [9.17, 15) is 10.2 Å². The van der Waals surface area contributed by atoms with Gasteiger partial charge in [-0.15, -0.1) is 0 Å². The van der Waals surface area contributed by atoms with Crippen LogP contribution in [0.2, 0.25) is 0 Å². The Hall–Kier alpha value is -0.420. The number of rotatable bonds is 3. The fraction of sp³-hybridized carbons (Fsp3) is 0.867. The Bertz CT molecular complexity index is 401. The van der Waals surface area contributed by atoms with E-state index in [1.165, 1.54) is 0 Å². The number of ether oxygens (including phenoxy) is 2. The van der Waals surface area contributed by atoms with Crippen molar-refractivity contribution in [3.8, 4) is 0 Å². The van der Waals surface area contributed by atoms with Gasteiger partial charge in [0.15, 0.2) is 0 Å². The van der Waals surface area contributed by atoms with Gasteiger partial charge in [0.1, 0.15) is 6.10 Å². The third-order valence-electron chi connectivity index (χ3n) is 5.47. The van der Waals surface area contributed by atoms with Gasteiger partial charge in [-0.3, -0.25) is 0 Å². The molecule has 5 atom stereocenters. The van der Waals surface area contributed by atoms with Crippen LogP contribution in [0, 0.1) is 11.3 Å². The van der Waals surface area contributed by atoms with Crippen molar-refractivity contribution in [2.75, 3.05) is 13.2 Å². The van der Waals surface area contributed by atoms with Crippen molar-refractivity contribution in [2.24, 2.45) is 11.3 Å². The minimum absolute atomic E-state index is 0.0250. The Morgan fingerprint density at radius 2 is 1.89 bits per heavy atom. The lowest BCUT2D eigenvalue weighted by Crippen LogP contribution is -2.38. The van der Waals surface area contributed by atoms with Gasteiger partial charge in [0.05, 0.1) is 31.5 Å². The molecule has 2 heterocycles. The van der Waals surface area contributed by atoms with E-state index in [4.69, 9.17) is 9.47 Å². The van der Waals surface area contributed by atoms with E-state index in [1.807, 2.05) is 0 Å². The summed E-state index contributed by atoms with van der Waals surface area (Å²) in [6.07, 6.45) is 8.99. The Kier molecular flexibility index (Phi) is 2.78. The highest BCUT2D eigenvalue weighted by atomic mass is 16.6. The first kappa shape index (κ1) is 12.3. The second kappa shape index (κ2) is 4.29. The molecular weight excluding hydrogens is 244 g/mol. The quantitative estimate of drug-likeness (QED) is 0.591. The highest BCUT2D eigenvalue weighted by Crippen LogP contribution is 2.51. The Labute approximate surface area is 113 Å². The van der Waals surface area contributed by atoms with Crippen LogP contribution in [0.3, 0.4) is 0 Å². The zero-order valence-corrected chi connectivity index (χ0v) is 11.1. The van der Waals surface area contributed by atoms with E-state index >= 15 is 0 Å². The van der Waals surface area contributed by atoms with Gasteiger partial charge >= 0.3 is 0 Å². The van der Waals surface area contributed by atoms with E-state index in [2.05, 4.69) is 6.08 Å². The summed E-state index contributed by atoms with van der Waals surface area (Å²) in [5.74, 6) is 0.527. The Morgan fingerprint density at radius 3 is 2.63 bits per heavy atom. The van der Waals surface area contributed by atoms with Gasteiger partial charge in [0, 0.05) is 5.41 Å². The maximum Gasteiger partial charge on any atom is 0.106 e. The fourth-order valence-electron chi connectivity index (χ4n) is 4.00. The molecule has 2 saturated carbocycles. The highest BCUT2D eigenvalue weighted by Gasteiger charge is 2.54. The lowest BCUT2D eigenvalue weighted by molar-refractivity contribution is 0.0670. The van der Waals surface area contributed by atoms with Crippen LogP contribution in [0.4, 0.5) is 0 Å². The number of allylic oxidation sites excluding steroid dienone is 1. The summed E-state index contributed by atoms with van der Waals surface area (Å²) in [4.78, 5) is 0. The van der Waals surface area contributed by atoms with Gasteiger partial charge in [-0.1, -0.05) is 6.08 Å². The minimum atomic E-state index is -0.446. The average Bonchev–Trinajstić information content (AvgIpc) is 3.33. The molecule has 19 heavy (non-hydrogen) atoms. The van der Waals surface area contributed by atoms with E-state index in [1.54, 1.807) is 0 Å². The molecule has 4 rings (SSSR count). The summed E-state index contributed by atoms with van der Waals surface area (Å²) in [5, 5.41) is 19.5. The standard InChI is InChI=1S/C15H22O4/c16-7-15(8-17)4-3-12-14(19-12)10(15)5-9-1-2-11-13(6-9)18-11/h5,9,11-14,16-17H,1-4,6-8H2/b10-5-. The van der Waals surface area contributed by atoms with Gasteiger partial charge in [-0.05, 0) is 43.6 Å². The van der Waals surface area contributed by atoms with E-state index in [0.29, 0.717) is 24.2 Å².